The number of piperazine rings is 1. The third kappa shape index (κ3) is 2.91. The van der Waals surface area contributed by atoms with E-state index in [-0.39, 0.29) is 0 Å². The predicted octanol–water partition coefficient (Wildman–Crippen LogP) is 2.50. The molecule has 1 unspecified atom stereocenters. The molecule has 1 aromatic rings. The molecule has 0 radical (unpaired) electrons. The summed E-state index contributed by atoms with van der Waals surface area (Å²) in [6, 6.07) is 5.82. The van der Waals surface area contributed by atoms with Gasteiger partial charge in [0.25, 0.3) is 0 Å². The second-order valence-electron chi connectivity index (χ2n) is 4.35. The lowest BCUT2D eigenvalue weighted by molar-refractivity contribution is -0.137. The summed E-state index contributed by atoms with van der Waals surface area (Å²) < 4.78 is 37.7. The van der Waals surface area contributed by atoms with Crippen molar-refractivity contribution in [3.05, 3.63) is 29.8 Å². The third-order valence-electron chi connectivity index (χ3n) is 2.91. The van der Waals surface area contributed by atoms with E-state index in [1.165, 1.54) is 12.1 Å². The van der Waals surface area contributed by atoms with Crippen molar-refractivity contribution < 1.29 is 13.2 Å². The Bertz CT molecular complexity index is 390. The molecule has 1 atom stereocenters. The van der Waals surface area contributed by atoms with Crippen molar-refractivity contribution in [2.45, 2.75) is 19.1 Å². The number of hydrogen-bond acceptors (Lipinski definition) is 2. The molecule has 17 heavy (non-hydrogen) atoms. The standard InChI is InChI=1S/C12H15F3N2/c1-9-8-17(6-5-16-9)11-4-2-3-10(7-11)12(13,14)15/h2-4,7,9,16H,5-6,8H2,1H3. The Hall–Kier alpha value is -1.23. The van der Waals surface area contributed by atoms with E-state index < -0.39 is 11.7 Å². The van der Waals surface area contributed by atoms with Crippen LogP contribution in [0.3, 0.4) is 0 Å². The average Bonchev–Trinajstić information content (AvgIpc) is 2.28. The van der Waals surface area contributed by atoms with Gasteiger partial charge in [-0.05, 0) is 25.1 Å². The van der Waals surface area contributed by atoms with E-state index in [1.807, 2.05) is 11.8 Å². The summed E-state index contributed by atoms with van der Waals surface area (Å²) in [7, 11) is 0. The fourth-order valence-electron chi connectivity index (χ4n) is 2.05. The molecule has 1 aliphatic rings. The first-order valence-corrected chi connectivity index (χ1v) is 5.62. The minimum absolute atomic E-state index is 0.304. The smallest absolute Gasteiger partial charge is 0.369 e. The van der Waals surface area contributed by atoms with Gasteiger partial charge in [0.1, 0.15) is 0 Å². The molecule has 1 N–H and O–H groups in total. The quantitative estimate of drug-likeness (QED) is 0.816. The van der Waals surface area contributed by atoms with Gasteiger partial charge >= 0.3 is 6.18 Å². The lowest BCUT2D eigenvalue weighted by Crippen LogP contribution is -2.49. The highest BCUT2D eigenvalue weighted by atomic mass is 19.4. The molecule has 1 heterocycles. The van der Waals surface area contributed by atoms with Crippen molar-refractivity contribution >= 4 is 5.69 Å². The van der Waals surface area contributed by atoms with Crippen LogP contribution in [0.5, 0.6) is 0 Å². The van der Waals surface area contributed by atoms with E-state index in [2.05, 4.69) is 5.32 Å². The molecule has 2 nitrogen and oxygen atoms in total. The van der Waals surface area contributed by atoms with Gasteiger partial charge in [-0.1, -0.05) is 6.07 Å². The molecule has 1 aliphatic heterocycles. The van der Waals surface area contributed by atoms with Crippen molar-refractivity contribution in [1.29, 1.82) is 0 Å². The van der Waals surface area contributed by atoms with Gasteiger partial charge in [0.15, 0.2) is 0 Å². The van der Waals surface area contributed by atoms with Crippen LogP contribution in [-0.4, -0.2) is 25.7 Å². The van der Waals surface area contributed by atoms with Crippen LogP contribution in [0.1, 0.15) is 12.5 Å². The average molecular weight is 244 g/mol. The van der Waals surface area contributed by atoms with Crippen LogP contribution >= 0.6 is 0 Å². The fourth-order valence-corrected chi connectivity index (χ4v) is 2.05. The first kappa shape index (κ1) is 12.2. The molecule has 1 saturated heterocycles. The Labute approximate surface area is 98.4 Å². The summed E-state index contributed by atoms with van der Waals surface area (Å²) >= 11 is 0. The van der Waals surface area contributed by atoms with Crippen molar-refractivity contribution in [2.75, 3.05) is 24.5 Å². The van der Waals surface area contributed by atoms with Crippen molar-refractivity contribution in [3.63, 3.8) is 0 Å². The Morgan fingerprint density at radius 1 is 1.35 bits per heavy atom. The molecular weight excluding hydrogens is 229 g/mol. The molecule has 1 aromatic carbocycles. The maximum atomic E-state index is 12.6. The van der Waals surface area contributed by atoms with E-state index in [0.717, 1.165) is 25.7 Å². The number of nitrogens with zero attached hydrogens (tertiary/aromatic N) is 1. The summed E-state index contributed by atoms with van der Waals surface area (Å²) in [6.45, 7) is 4.31. The number of rotatable bonds is 1. The molecule has 0 bridgehead atoms. The third-order valence-corrected chi connectivity index (χ3v) is 2.91. The molecule has 0 spiro atoms. The highest BCUT2D eigenvalue weighted by molar-refractivity contribution is 5.49. The largest absolute Gasteiger partial charge is 0.416 e. The van der Waals surface area contributed by atoms with Gasteiger partial charge in [-0.2, -0.15) is 13.2 Å². The minimum atomic E-state index is -4.27. The normalized spacial score (nSPS) is 21.6. The Morgan fingerprint density at radius 3 is 2.76 bits per heavy atom. The van der Waals surface area contributed by atoms with Crippen LogP contribution in [0.2, 0.25) is 0 Å². The summed E-state index contributed by atoms with van der Waals surface area (Å²) in [5.74, 6) is 0. The molecule has 0 aliphatic carbocycles. The van der Waals surface area contributed by atoms with Gasteiger partial charge in [-0.3, -0.25) is 0 Å². The van der Waals surface area contributed by atoms with E-state index in [9.17, 15) is 13.2 Å². The second kappa shape index (κ2) is 4.56. The highest BCUT2D eigenvalue weighted by Crippen LogP contribution is 2.31. The maximum Gasteiger partial charge on any atom is 0.416 e. The highest BCUT2D eigenvalue weighted by Gasteiger charge is 2.31. The Morgan fingerprint density at radius 2 is 2.12 bits per heavy atom. The molecular formula is C12H15F3N2. The van der Waals surface area contributed by atoms with E-state index in [0.29, 0.717) is 11.7 Å². The number of benzene rings is 1. The predicted molar refractivity (Wildman–Crippen MR) is 61.1 cm³/mol. The topological polar surface area (TPSA) is 15.3 Å². The van der Waals surface area contributed by atoms with E-state index >= 15 is 0 Å². The van der Waals surface area contributed by atoms with Crippen molar-refractivity contribution in [2.24, 2.45) is 0 Å². The van der Waals surface area contributed by atoms with Crippen LogP contribution in [0.15, 0.2) is 24.3 Å². The summed E-state index contributed by atoms with van der Waals surface area (Å²) in [5, 5.41) is 3.26. The van der Waals surface area contributed by atoms with Crippen LogP contribution in [-0.2, 0) is 6.18 Å². The first-order chi connectivity index (χ1) is 7.97. The van der Waals surface area contributed by atoms with Crippen LogP contribution in [0.4, 0.5) is 18.9 Å². The Balaban J connectivity index is 2.21. The summed E-state index contributed by atoms with van der Waals surface area (Å²) in [5.41, 5.74) is 0.0642. The monoisotopic (exact) mass is 244 g/mol. The summed E-state index contributed by atoms with van der Waals surface area (Å²) in [6.07, 6.45) is -4.27. The minimum Gasteiger partial charge on any atom is -0.369 e. The number of halogens is 3. The number of alkyl halides is 3. The number of hydrogen-bond donors (Lipinski definition) is 1. The molecule has 0 aromatic heterocycles. The van der Waals surface area contributed by atoms with Crippen LogP contribution < -0.4 is 10.2 Å². The lowest BCUT2D eigenvalue weighted by Gasteiger charge is -2.33. The van der Waals surface area contributed by atoms with Gasteiger partial charge in [0.2, 0.25) is 0 Å². The first-order valence-electron chi connectivity index (χ1n) is 5.62. The van der Waals surface area contributed by atoms with Gasteiger partial charge < -0.3 is 10.2 Å². The SMILES string of the molecule is CC1CN(c2cccc(C(F)(F)F)c2)CCN1. The zero-order valence-electron chi connectivity index (χ0n) is 9.59. The zero-order chi connectivity index (χ0) is 12.5. The fraction of sp³-hybridized carbons (Fsp3) is 0.500. The zero-order valence-corrected chi connectivity index (χ0v) is 9.59. The number of anilines is 1. The molecule has 0 amide bonds. The van der Waals surface area contributed by atoms with Crippen molar-refractivity contribution in [3.8, 4) is 0 Å². The van der Waals surface area contributed by atoms with Crippen molar-refractivity contribution in [1.82, 2.24) is 5.32 Å². The second-order valence-corrected chi connectivity index (χ2v) is 4.35. The summed E-state index contributed by atoms with van der Waals surface area (Å²) in [4.78, 5) is 1.98. The molecule has 5 heteroatoms. The van der Waals surface area contributed by atoms with Gasteiger partial charge in [0.05, 0.1) is 5.56 Å². The lowest BCUT2D eigenvalue weighted by atomic mass is 10.1. The van der Waals surface area contributed by atoms with Gasteiger partial charge in [0, 0.05) is 31.4 Å². The van der Waals surface area contributed by atoms with Gasteiger partial charge in [-0.15, -0.1) is 0 Å². The van der Waals surface area contributed by atoms with Crippen LogP contribution in [0, 0.1) is 0 Å². The van der Waals surface area contributed by atoms with Crippen LogP contribution in [0.25, 0.3) is 0 Å². The van der Waals surface area contributed by atoms with Gasteiger partial charge in [-0.25, -0.2) is 0 Å². The van der Waals surface area contributed by atoms with E-state index in [1.54, 1.807) is 6.07 Å². The van der Waals surface area contributed by atoms with E-state index in [4.69, 9.17) is 0 Å². The molecule has 2 rings (SSSR count). The number of nitrogens with one attached hydrogen (secondary N) is 1. The molecule has 94 valence electrons. The maximum absolute atomic E-state index is 12.6. The Kier molecular flexibility index (Phi) is 3.28. The molecule has 1 fully saturated rings. The molecule has 0 saturated carbocycles.